The molecule has 136 valence electrons. The SMILES string of the molecule is COc1cccc(C(=O)N[C@@H](C)C(=O)NCc2ccc3c(c2)OCO3)c1. The van der Waals surface area contributed by atoms with Gasteiger partial charge < -0.3 is 24.8 Å². The maximum Gasteiger partial charge on any atom is 0.252 e. The molecule has 3 rings (SSSR count). The minimum Gasteiger partial charge on any atom is -0.497 e. The minimum atomic E-state index is -0.678. The average Bonchev–Trinajstić information content (AvgIpc) is 3.13. The number of amides is 2. The Morgan fingerprint density at radius 2 is 1.96 bits per heavy atom. The second-order valence-electron chi connectivity index (χ2n) is 5.83. The van der Waals surface area contributed by atoms with E-state index in [1.807, 2.05) is 12.1 Å². The summed E-state index contributed by atoms with van der Waals surface area (Å²) in [7, 11) is 1.53. The zero-order chi connectivity index (χ0) is 18.5. The van der Waals surface area contributed by atoms with E-state index in [9.17, 15) is 9.59 Å². The van der Waals surface area contributed by atoms with Crippen LogP contribution in [0.25, 0.3) is 0 Å². The van der Waals surface area contributed by atoms with E-state index in [0.29, 0.717) is 29.4 Å². The summed E-state index contributed by atoms with van der Waals surface area (Å²) in [6, 6.07) is 11.5. The van der Waals surface area contributed by atoms with Gasteiger partial charge in [0.05, 0.1) is 7.11 Å². The van der Waals surface area contributed by atoms with Gasteiger partial charge in [-0.15, -0.1) is 0 Å². The van der Waals surface area contributed by atoms with Crippen molar-refractivity contribution in [3.8, 4) is 17.2 Å². The van der Waals surface area contributed by atoms with Gasteiger partial charge in [0.15, 0.2) is 11.5 Å². The molecule has 7 heteroatoms. The van der Waals surface area contributed by atoms with Crippen LogP contribution in [0.1, 0.15) is 22.8 Å². The lowest BCUT2D eigenvalue weighted by Crippen LogP contribution is -2.44. The number of nitrogens with one attached hydrogen (secondary N) is 2. The van der Waals surface area contributed by atoms with Gasteiger partial charge in [-0.25, -0.2) is 0 Å². The van der Waals surface area contributed by atoms with Crippen LogP contribution in [0.3, 0.4) is 0 Å². The molecule has 2 N–H and O–H groups in total. The van der Waals surface area contributed by atoms with Crippen LogP contribution in [0.2, 0.25) is 0 Å². The van der Waals surface area contributed by atoms with Crippen LogP contribution in [0.5, 0.6) is 17.2 Å². The summed E-state index contributed by atoms with van der Waals surface area (Å²) in [4.78, 5) is 24.5. The maximum atomic E-state index is 12.3. The Balaban J connectivity index is 1.53. The van der Waals surface area contributed by atoms with Crippen LogP contribution in [0.15, 0.2) is 42.5 Å². The number of ether oxygens (including phenoxy) is 3. The third-order valence-electron chi connectivity index (χ3n) is 3.98. The molecule has 2 aromatic rings. The van der Waals surface area contributed by atoms with E-state index < -0.39 is 6.04 Å². The van der Waals surface area contributed by atoms with Gasteiger partial charge in [-0.1, -0.05) is 12.1 Å². The predicted octanol–water partition coefficient (Wildman–Crippen LogP) is 1.86. The zero-order valence-electron chi connectivity index (χ0n) is 14.6. The number of carbonyl (C=O) groups is 2. The van der Waals surface area contributed by atoms with E-state index in [-0.39, 0.29) is 18.6 Å². The van der Waals surface area contributed by atoms with Gasteiger partial charge in [0, 0.05) is 12.1 Å². The van der Waals surface area contributed by atoms with Crippen molar-refractivity contribution in [2.75, 3.05) is 13.9 Å². The van der Waals surface area contributed by atoms with E-state index in [4.69, 9.17) is 14.2 Å². The molecule has 1 aliphatic heterocycles. The Bertz CT molecular complexity index is 821. The molecule has 7 nitrogen and oxygen atoms in total. The first-order valence-corrected chi connectivity index (χ1v) is 8.18. The highest BCUT2D eigenvalue weighted by molar-refractivity contribution is 5.97. The number of hydrogen-bond acceptors (Lipinski definition) is 5. The number of rotatable bonds is 6. The molecule has 1 atom stereocenters. The molecule has 0 fully saturated rings. The molecule has 0 aromatic heterocycles. The molecule has 0 spiro atoms. The third-order valence-corrected chi connectivity index (χ3v) is 3.98. The Morgan fingerprint density at radius 1 is 1.15 bits per heavy atom. The Labute approximate surface area is 151 Å². The second kappa shape index (κ2) is 7.77. The molecule has 0 saturated carbocycles. The summed E-state index contributed by atoms with van der Waals surface area (Å²) in [6.07, 6.45) is 0. The van der Waals surface area contributed by atoms with E-state index >= 15 is 0 Å². The first-order chi connectivity index (χ1) is 12.6. The number of benzene rings is 2. The summed E-state index contributed by atoms with van der Waals surface area (Å²) < 4.78 is 15.7. The molecule has 2 aromatic carbocycles. The predicted molar refractivity (Wildman–Crippen MR) is 94.3 cm³/mol. The maximum absolute atomic E-state index is 12.3. The van der Waals surface area contributed by atoms with Gasteiger partial charge in [-0.3, -0.25) is 9.59 Å². The summed E-state index contributed by atoms with van der Waals surface area (Å²) in [5.74, 6) is 1.32. The molecule has 1 heterocycles. The molecule has 2 amide bonds. The lowest BCUT2D eigenvalue weighted by Gasteiger charge is -2.14. The summed E-state index contributed by atoms with van der Waals surface area (Å²) in [5.41, 5.74) is 1.31. The molecule has 0 bridgehead atoms. The number of fused-ring (bicyclic) bond motifs is 1. The highest BCUT2D eigenvalue weighted by Crippen LogP contribution is 2.32. The average molecular weight is 356 g/mol. The van der Waals surface area contributed by atoms with Crippen LogP contribution in [-0.4, -0.2) is 31.8 Å². The third kappa shape index (κ3) is 4.05. The first-order valence-electron chi connectivity index (χ1n) is 8.18. The standard InChI is InChI=1S/C19H20N2O5/c1-12(21-19(23)14-4-3-5-15(9-14)24-2)18(22)20-10-13-6-7-16-17(8-13)26-11-25-16/h3-9,12H,10-11H2,1-2H3,(H,20,22)(H,21,23)/t12-/m0/s1. The highest BCUT2D eigenvalue weighted by Gasteiger charge is 2.18. The molecule has 0 aliphatic carbocycles. The van der Waals surface area contributed by atoms with Crippen molar-refractivity contribution in [3.63, 3.8) is 0 Å². The Kier molecular flexibility index (Phi) is 5.26. The van der Waals surface area contributed by atoms with E-state index in [2.05, 4.69) is 10.6 Å². The van der Waals surface area contributed by atoms with Gasteiger partial charge in [0.2, 0.25) is 12.7 Å². The molecule has 1 aliphatic rings. The van der Waals surface area contributed by atoms with Crippen molar-refractivity contribution in [1.82, 2.24) is 10.6 Å². The monoisotopic (exact) mass is 356 g/mol. The Hall–Kier alpha value is -3.22. The normalized spacial score (nSPS) is 13.0. The molecular formula is C19H20N2O5. The van der Waals surface area contributed by atoms with E-state index in [1.54, 1.807) is 37.3 Å². The molecular weight excluding hydrogens is 336 g/mol. The van der Waals surface area contributed by atoms with Crippen molar-refractivity contribution in [2.24, 2.45) is 0 Å². The molecule has 26 heavy (non-hydrogen) atoms. The van der Waals surface area contributed by atoms with E-state index in [1.165, 1.54) is 7.11 Å². The van der Waals surface area contributed by atoms with Crippen LogP contribution in [0.4, 0.5) is 0 Å². The van der Waals surface area contributed by atoms with Crippen molar-refractivity contribution in [3.05, 3.63) is 53.6 Å². The van der Waals surface area contributed by atoms with Crippen LogP contribution < -0.4 is 24.8 Å². The lowest BCUT2D eigenvalue weighted by atomic mass is 10.1. The highest BCUT2D eigenvalue weighted by atomic mass is 16.7. The van der Waals surface area contributed by atoms with Crippen LogP contribution in [0, 0.1) is 0 Å². The van der Waals surface area contributed by atoms with Crippen LogP contribution in [-0.2, 0) is 11.3 Å². The van der Waals surface area contributed by atoms with Gasteiger partial charge in [-0.05, 0) is 42.8 Å². The summed E-state index contributed by atoms with van der Waals surface area (Å²) in [6.45, 7) is 2.17. The van der Waals surface area contributed by atoms with Gasteiger partial charge in [-0.2, -0.15) is 0 Å². The van der Waals surface area contributed by atoms with Crippen molar-refractivity contribution < 1.29 is 23.8 Å². The van der Waals surface area contributed by atoms with Crippen molar-refractivity contribution >= 4 is 11.8 Å². The van der Waals surface area contributed by atoms with Gasteiger partial charge in [0.1, 0.15) is 11.8 Å². The number of methoxy groups -OCH3 is 1. The van der Waals surface area contributed by atoms with E-state index in [0.717, 1.165) is 5.56 Å². The fourth-order valence-corrected chi connectivity index (χ4v) is 2.50. The van der Waals surface area contributed by atoms with Crippen LogP contribution >= 0.6 is 0 Å². The number of hydrogen-bond donors (Lipinski definition) is 2. The van der Waals surface area contributed by atoms with Crippen molar-refractivity contribution in [2.45, 2.75) is 19.5 Å². The largest absolute Gasteiger partial charge is 0.497 e. The summed E-state index contributed by atoms with van der Waals surface area (Å²) in [5, 5.41) is 5.47. The molecule has 0 unspecified atom stereocenters. The second-order valence-corrected chi connectivity index (χ2v) is 5.83. The quantitative estimate of drug-likeness (QED) is 0.825. The number of carbonyl (C=O) groups excluding carboxylic acids is 2. The smallest absolute Gasteiger partial charge is 0.252 e. The minimum absolute atomic E-state index is 0.207. The molecule has 0 radical (unpaired) electrons. The fourth-order valence-electron chi connectivity index (χ4n) is 2.50. The lowest BCUT2D eigenvalue weighted by molar-refractivity contribution is -0.122. The van der Waals surface area contributed by atoms with Gasteiger partial charge in [0.25, 0.3) is 5.91 Å². The zero-order valence-corrected chi connectivity index (χ0v) is 14.6. The molecule has 0 saturated heterocycles. The van der Waals surface area contributed by atoms with Gasteiger partial charge >= 0.3 is 0 Å². The fraction of sp³-hybridized carbons (Fsp3) is 0.263. The Morgan fingerprint density at radius 3 is 2.77 bits per heavy atom. The first kappa shape index (κ1) is 17.6. The topological polar surface area (TPSA) is 85.9 Å². The summed E-state index contributed by atoms with van der Waals surface area (Å²) >= 11 is 0. The van der Waals surface area contributed by atoms with Crippen molar-refractivity contribution in [1.29, 1.82) is 0 Å².